The predicted molar refractivity (Wildman–Crippen MR) is 66.5 cm³/mol. The largest absolute Gasteiger partial charge is 0.390 e. The molecule has 0 radical (unpaired) electrons. The summed E-state index contributed by atoms with van der Waals surface area (Å²) in [6, 6.07) is 3.35. The van der Waals surface area contributed by atoms with Gasteiger partial charge in [0, 0.05) is 19.3 Å². The third-order valence-corrected chi connectivity index (χ3v) is 3.95. The third-order valence-electron chi connectivity index (χ3n) is 3.95. The van der Waals surface area contributed by atoms with Gasteiger partial charge in [0.25, 0.3) is 5.91 Å². The predicted octanol–water partition coefficient (Wildman–Crippen LogP) is 0.233. The van der Waals surface area contributed by atoms with Crippen molar-refractivity contribution in [1.82, 2.24) is 15.1 Å². The number of rotatable bonds is 1. The van der Waals surface area contributed by atoms with Gasteiger partial charge < -0.3 is 14.7 Å². The van der Waals surface area contributed by atoms with E-state index in [9.17, 15) is 9.90 Å². The van der Waals surface area contributed by atoms with Gasteiger partial charge in [-0.25, -0.2) is 0 Å². The lowest BCUT2D eigenvalue weighted by Gasteiger charge is -2.43. The van der Waals surface area contributed by atoms with Crippen molar-refractivity contribution in [3.8, 4) is 0 Å². The summed E-state index contributed by atoms with van der Waals surface area (Å²) < 4.78 is 5.73. The lowest BCUT2D eigenvalue weighted by atomic mass is 9.87. The molecule has 1 spiro atoms. The Morgan fingerprint density at radius 2 is 2.47 bits per heavy atom. The van der Waals surface area contributed by atoms with Gasteiger partial charge in [-0.2, -0.15) is 5.10 Å². The smallest absolute Gasteiger partial charge is 0.274 e. The molecular formula is C13H17N3O3. The number of nitrogens with zero attached hydrogens (tertiary/aromatic N) is 3. The molecule has 3 heterocycles. The number of aliphatic hydroxyl groups excluding tert-OH is 1. The third kappa shape index (κ3) is 2.21. The quantitative estimate of drug-likeness (QED) is 0.785. The standard InChI is InChI=1S/C13H17N3O3/c17-11-4-7-16(9-13(11)5-2-8-19-13)12(18)10-3-1-6-14-15-10/h1,3,6,11,17H,2,4-5,7-9H2/t11-,13-/m0/s1. The summed E-state index contributed by atoms with van der Waals surface area (Å²) >= 11 is 0. The summed E-state index contributed by atoms with van der Waals surface area (Å²) in [5.74, 6) is -0.144. The summed E-state index contributed by atoms with van der Waals surface area (Å²) in [7, 11) is 0. The first-order valence-electron chi connectivity index (χ1n) is 6.60. The molecule has 0 saturated carbocycles. The fourth-order valence-corrected chi connectivity index (χ4v) is 2.91. The van der Waals surface area contributed by atoms with Crippen LogP contribution >= 0.6 is 0 Å². The minimum Gasteiger partial charge on any atom is -0.390 e. The molecule has 2 saturated heterocycles. The molecular weight excluding hydrogens is 246 g/mol. The van der Waals surface area contributed by atoms with Crippen LogP contribution in [-0.2, 0) is 4.74 Å². The minimum absolute atomic E-state index is 0.144. The molecule has 1 aromatic rings. The van der Waals surface area contributed by atoms with E-state index in [2.05, 4.69) is 10.2 Å². The molecule has 2 fully saturated rings. The lowest BCUT2D eigenvalue weighted by molar-refractivity contribution is -0.124. The Labute approximate surface area is 111 Å². The van der Waals surface area contributed by atoms with Gasteiger partial charge in [0.05, 0.1) is 12.6 Å². The molecule has 2 atom stereocenters. The van der Waals surface area contributed by atoms with Crippen LogP contribution in [0.15, 0.2) is 18.3 Å². The maximum Gasteiger partial charge on any atom is 0.274 e. The molecule has 6 nitrogen and oxygen atoms in total. The van der Waals surface area contributed by atoms with Gasteiger partial charge in [-0.15, -0.1) is 5.10 Å². The molecule has 6 heteroatoms. The summed E-state index contributed by atoms with van der Waals surface area (Å²) in [4.78, 5) is 14.0. The fourth-order valence-electron chi connectivity index (χ4n) is 2.91. The van der Waals surface area contributed by atoms with Crippen LogP contribution < -0.4 is 0 Å². The summed E-state index contributed by atoms with van der Waals surface area (Å²) in [6.07, 6.45) is 3.34. The number of carbonyl (C=O) groups excluding carboxylic acids is 1. The van der Waals surface area contributed by atoms with E-state index >= 15 is 0 Å². The minimum atomic E-state index is -0.573. The van der Waals surface area contributed by atoms with Crippen LogP contribution in [0.25, 0.3) is 0 Å². The van der Waals surface area contributed by atoms with Gasteiger partial charge in [-0.05, 0) is 31.4 Å². The number of aromatic nitrogens is 2. The van der Waals surface area contributed by atoms with Crippen molar-refractivity contribution in [3.63, 3.8) is 0 Å². The van der Waals surface area contributed by atoms with E-state index in [4.69, 9.17) is 4.74 Å². The SMILES string of the molecule is O=C(c1cccnn1)N1CC[C@H](O)[C@]2(CCCO2)C1. The molecule has 102 valence electrons. The van der Waals surface area contributed by atoms with E-state index in [1.54, 1.807) is 17.0 Å². The number of carbonyl (C=O) groups is 1. The van der Waals surface area contributed by atoms with Crippen molar-refractivity contribution in [2.45, 2.75) is 31.0 Å². The zero-order valence-corrected chi connectivity index (χ0v) is 10.7. The maximum absolute atomic E-state index is 12.3. The lowest BCUT2D eigenvalue weighted by Crippen LogP contribution is -2.57. The van der Waals surface area contributed by atoms with Gasteiger partial charge in [-0.3, -0.25) is 4.79 Å². The van der Waals surface area contributed by atoms with Crippen LogP contribution in [0.3, 0.4) is 0 Å². The number of amides is 1. The van der Waals surface area contributed by atoms with Crippen molar-refractivity contribution in [2.24, 2.45) is 0 Å². The number of ether oxygens (including phenoxy) is 1. The highest BCUT2D eigenvalue weighted by Crippen LogP contribution is 2.35. The zero-order valence-electron chi connectivity index (χ0n) is 10.7. The van der Waals surface area contributed by atoms with Crippen molar-refractivity contribution >= 4 is 5.91 Å². The second kappa shape index (κ2) is 4.86. The second-order valence-corrected chi connectivity index (χ2v) is 5.16. The first-order valence-corrected chi connectivity index (χ1v) is 6.60. The van der Waals surface area contributed by atoms with Crippen LogP contribution in [0.4, 0.5) is 0 Å². The average Bonchev–Trinajstić information content (AvgIpc) is 2.92. The maximum atomic E-state index is 12.3. The Morgan fingerprint density at radius 1 is 1.58 bits per heavy atom. The van der Waals surface area contributed by atoms with E-state index in [-0.39, 0.29) is 5.91 Å². The normalized spacial score (nSPS) is 30.8. The number of piperidine rings is 1. The van der Waals surface area contributed by atoms with E-state index in [1.165, 1.54) is 6.20 Å². The van der Waals surface area contributed by atoms with Gasteiger partial charge in [0.15, 0.2) is 5.69 Å². The van der Waals surface area contributed by atoms with Gasteiger partial charge in [-0.1, -0.05) is 0 Å². The Hall–Kier alpha value is -1.53. The van der Waals surface area contributed by atoms with Crippen LogP contribution in [0.1, 0.15) is 29.8 Å². The van der Waals surface area contributed by atoms with Gasteiger partial charge in [0.2, 0.25) is 0 Å². The first kappa shape index (κ1) is 12.5. The van der Waals surface area contributed by atoms with Crippen LogP contribution in [0, 0.1) is 0 Å². The zero-order chi connectivity index (χ0) is 13.3. The Bertz CT molecular complexity index is 459. The molecule has 19 heavy (non-hydrogen) atoms. The topological polar surface area (TPSA) is 75.6 Å². The number of hydrogen-bond acceptors (Lipinski definition) is 5. The molecule has 1 aromatic heterocycles. The first-order chi connectivity index (χ1) is 9.21. The summed E-state index contributed by atoms with van der Waals surface area (Å²) in [6.45, 7) is 1.62. The highest BCUT2D eigenvalue weighted by atomic mass is 16.5. The van der Waals surface area contributed by atoms with E-state index < -0.39 is 11.7 Å². The molecule has 0 aromatic carbocycles. The van der Waals surface area contributed by atoms with Crippen molar-refractivity contribution in [3.05, 3.63) is 24.0 Å². The van der Waals surface area contributed by atoms with E-state index in [1.807, 2.05) is 0 Å². The molecule has 2 aliphatic rings. The van der Waals surface area contributed by atoms with E-state index in [0.717, 1.165) is 12.8 Å². The van der Waals surface area contributed by atoms with Gasteiger partial charge >= 0.3 is 0 Å². The van der Waals surface area contributed by atoms with Gasteiger partial charge in [0.1, 0.15) is 5.60 Å². The molecule has 0 unspecified atom stereocenters. The monoisotopic (exact) mass is 263 g/mol. The van der Waals surface area contributed by atoms with Crippen LogP contribution in [0.5, 0.6) is 0 Å². The molecule has 1 amide bonds. The fraction of sp³-hybridized carbons (Fsp3) is 0.615. The molecule has 2 aliphatic heterocycles. The summed E-state index contributed by atoms with van der Waals surface area (Å²) in [5.41, 5.74) is -0.233. The van der Waals surface area contributed by atoms with Crippen LogP contribution in [0.2, 0.25) is 0 Å². The highest BCUT2D eigenvalue weighted by molar-refractivity contribution is 5.92. The Balaban J connectivity index is 1.77. The van der Waals surface area contributed by atoms with Crippen molar-refractivity contribution in [2.75, 3.05) is 19.7 Å². The molecule has 3 rings (SSSR count). The molecule has 0 aliphatic carbocycles. The van der Waals surface area contributed by atoms with Crippen LogP contribution in [-0.4, -0.2) is 57.5 Å². The molecule has 1 N–H and O–H groups in total. The summed E-state index contributed by atoms with van der Waals surface area (Å²) in [5, 5.41) is 17.7. The molecule has 0 bridgehead atoms. The Morgan fingerprint density at radius 3 is 3.16 bits per heavy atom. The average molecular weight is 263 g/mol. The Kier molecular flexibility index (Phi) is 3.20. The number of likely N-dealkylation sites (tertiary alicyclic amines) is 1. The number of hydrogen-bond donors (Lipinski definition) is 1. The van der Waals surface area contributed by atoms with Crippen molar-refractivity contribution in [1.29, 1.82) is 0 Å². The highest BCUT2D eigenvalue weighted by Gasteiger charge is 2.47. The second-order valence-electron chi connectivity index (χ2n) is 5.16. The van der Waals surface area contributed by atoms with Crippen molar-refractivity contribution < 1.29 is 14.6 Å². The van der Waals surface area contributed by atoms with E-state index in [0.29, 0.717) is 31.8 Å². The number of aliphatic hydroxyl groups is 1.